The van der Waals surface area contributed by atoms with Gasteiger partial charge in [0, 0.05) is 48.7 Å². The van der Waals surface area contributed by atoms with Crippen molar-refractivity contribution in [1.29, 1.82) is 0 Å². The van der Waals surface area contributed by atoms with Gasteiger partial charge in [0.1, 0.15) is 0 Å². The van der Waals surface area contributed by atoms with Crippen LogP contribution in [0.4, 0.5) is 5.95 Å². The number of rotatable bonds is 5. The molecule has 0 aliphatic rings. The fraction of sp³-hybridized carbons (Fsp3) is 0.150. The van der Waals surface area contributed by atoms with Crippen LogP contribution in [-0.4, -0.2) is 25.1 Å². The van der Waals surface area contributed by atoms with E-state index in [1.54, 1.807) is 18.6 Å². The maximum atomic E-state index is 5.44. The van der Waals surface area contributed by atoms with Gasteiger partial charge in [-0.1, -0.05) is 11.2 Å². The molecule has 0 saturated heterocycles. The lowest BCUT2D eigenvalue weighted by Crippen LogP contribution is -2.05. The van der Waals surface area contributed by atoms with E-state index in [1.165, 1.54) is 0 Å². The number of hydrogen-bond donors (Lipinski definition) is 1. The summed E-state index contributed by atoms with van der Waals surface area (Å²) in [7, 11) is 0. The minimum absolute atomic E-state index is 0.525. The highest BCUT2D eigenvalue weighted by molar-refractivity contribution is 5.79. The van der Waals surface area contributed by atoms with E-state index in [1.807, 2.05) is 50.4 Å². The van der Waals surface area contributed by atoms with Crippen LogP contribution in [0.3, 0.4) is 0 Å². The highest BCUT2D eigenvalue weighted by Gasteiger charge is 2.17. The van der Waals surface area contributed by atoms with Crippen LogP contribution in [0, 0.1) is 13.8 Å². The summed E-state index contributed by atoms with van der Waals surface area (Å²) in [5, 5.41) is 7.23. The van der Waals surface area contributed by atoms with Crippen LogP contribution >= 0.6 is 0 Å². The topological polar surface area (TPSA) is 89.6 Å². The van der Waals surface area contributed by atoms with Crippen molar-refractivity contribution in [2.75, 3.05) is 5.32 Å². The predicted molar refractivity (Wildman–Crippen MR) is 102 cm³/mol. The number of hydrogen-bond acceptors (Lipinski definition) is 7. The van der Waals surface area contributed by atoms with Gasteiger partial charge in [0.05, 0.1) is 17.0 Å². The summed E-state index contributed by atoms with van der Waals surface area (Å²) in [6.45, 7) is 4.42. The zero-order chi connectivity index (χ0) is 18.6. The molecule has 0 radical (unpaired) electrons. The molecule has 0 aromatic carbocycles. The molecule has 0 fully saturated rings. The quantitative estimate of drug-likeness (QED) is 0.580. The highest BCUT2D eigenvalue weighted by atomic mass is 16.5. The van der Waals surface area contributed by atoms with Crippen LogP contribution in [0.25, 0.3) is 22.6 Å². The number of aryl methyl sites for hydroxylation is 2. The van der Waals surface area contributed by atoms with Gasteiger partial charge in [-0.05, 0) is 37.6 Å². The summed E-state index contributed by atoms with van der Waals surface area (Å²) in [6.07, 6.45) is 7.07. The number of anilines is 1. The molecule has 0 atom stereocenters. The Morgan fingerprint density at radius 1 is 1.00 bits per heavy atom. The largest absolute Gasteiger partial charge is 0.356 e. The van der Waals surface area contributed by atoms with Crippen molar-refractivity contribution < 1.29 is 4.52 Å². The lowest BCUT2D eigenvalue weighted by atomic mass is 10.0. The second-order valence-corrected chi connectivity index (χ2v) is 6.14. The van der Waals surface area contributed by atoms with Gasteiger partial charge in [0.15, 0.2) is 5.76 Å². The van der Waals surface area contributed by atoms with Gasteiger partial charge in [-0.15, -0.1) is 0 Å². The van der Waals surface area contributed by atoms with E-state index in [4.69, 9.17) is 9.51 Å². The summed E-state index contributed by atoms with van der Waals surface area (Å²) in [4.78, 5) is 17.7. The summed E-state index contributed by atoms with van der Waals surface area (Å²) in [6, 6.07) is 9.65. The molecule has 134 valence electrons. The van der Waals surface area contributed by atoms with Gasteiger partial charge in [-0.3, -0.25) is 9.97 Å². The molecule has 0 bridgehead atoms. The first kappa shape index (κ1) is 16.8. The zero-order valence-electron chi connectivity index (χ0n) is 15.0. The molecule has 27 heavy (non-hydrogen) atoms. The molecule has 0 unspecified atom stereocenters. The van der Waals surface area contributed by atoms with Gasteiger partial charge >= 0.3 is 0 Å². The fourth-order valence-corrected chi connectivity index (χ4v) is 2.76. The smallest absolute Gasteiger partial charge is 0.223 e. The molecule has 0 aliphatic heterocycles. The Balaban J connectivity index is 1.73. The van der Waals surface area contributed by atoms with E-state index >= 15 is 0 Å². The average molecular weight is 358 g/mol. The average Bonchev–Trinajstić information content (AvgIpc) is 3.13. The summed E-state index contributed by atoms with van der Waals surface area (Å²) in [5.41, 5.74) is 5.19. The van der Waals surface area contributed by atoms with Gasteiger partial charge in [-0.25, -0.2) is 9.97 Å². The molecule has 0 saturated carbocycles. The molecule has 4 aromatic rings. The molecule has 0 amide bonds. The van der Waals surface area contributed by atoms with Crippen LogP contribution in [0.1, 0.15) is 17.0 Å². The summed E-state index contributed by atoms with van der Waals surface area (Å²) < 4.78 is 5.44. The monoisotopic (exact) mass is 358 g/mol. The number of nitrogens with zero attached hydrogens (tertiary/aromatic N) is 5. The van der Waals surface area contributed by atoms with E-state index in [2.05, 4.69) is 25.4 Å². The van der Waals surface area contributed by atoms with Crippen LogP contribution in [0.5, 0.6) is 0 Å². The van der Waals surface area contributed by atoms with Crippen LogP contribution in [0.2, 0.25) is 0 Å². The van der Waals surface area contributed by atoms with E-state index in [0.29, 0.717) is 18.3 Å². The molecule has 7 heteroatoms. The Kier molecular flexibility index (Phi) is 4.57. The van der Waals surface area contributed by atoms with Crippen LogP contribution < -0.4 is 5.32 Å². The van der Waals surface area contributed by atoms with E-state index < -0.39 is 0 Å². The first-order valence-corrected chi connectivity index (χ1v) is 8.56. The van der Waals surface area contributed by atoms with Crippen molar-refractivity contribution in [3.05, 3.63) is 72.1 Å². The number of nitrogens with one attached hydrogen (secondary N) is 1. The standard InChI is InChI=1S/C20H18N6O/c1-13-9-18(27-26-13)17-12-24-20(23-11-15-5-3-7-21-10-15)25-19(17)16-6-4-8-22-14(16)2/h3-10,12H,11H2,1-2H3,(H,23,24,25). The van der Waals surface area contributed by atoms with E-state index in [-0.39, 0.29) is 0 Å². The Morgan fingerprint density at radius 2 is 1.89 bits per heavy atom. The van der Waals surface area contributed by atoms with Gasteiger partial charge < -0.3 is 9.84 Å². The molecule has 1 N–H and O–H groups in total. The highest BCUT2D eigenvalue weighted by Crippen LogP contribution is 2.32. The Hall–Kier alpha value is -3.61. The normalized spacial score (nSPS) is 10.7. The van der Waals surface area contributed by atoms with Crippen molar-refractivity contribution in [2.24, 2.45) is 0 Å². The van der Waals surface area contributed by atoms with Crippen molar-refractivity contribution >= 4 is 5.95 Å². The third-order valence-corrected chi connectivity index (χ3v) is 4.12. The van der Waals surface area contributed by atoms with E-state index in [9.17, 15) is 0 Å². The molecule has 4 heterocycles. The van der Waals surface area contributed by atoms with Crippen molar-refractivity contribution in [2.45, 2.75) is 20.4 Å². The second kappa shape index (κ2) is 7.33. The van der Waals surface area contributed by atoms with Crippen molar-refractivity contribution in [1.82, 2.24) is 25.1 Å². The van der Waals surface area contributed by atoms with Gasteiger partial charge in [0.25, 0.3) is 0 Å². The number of pyridine rings is 2. The molecular formula is C20H18N6O. The molecule has 4 rings (SSSR count). The Morgan fingerprint density at radius 3 is 2.63 bits per heavy atom. The molecule has 0 spiro atoms. The number of aromatic nitrogens is 5. The van der Waals surface area contributed by atoms with Crippen LogP contribution in [0.15, 0.2) is 59.6 Å². The lowest BCUT2D eigenvalue weighted by molar-refractivity contribution is 0.427. The SMILES string of the molecule is Cc1cc(-c2cnc(NCc3cccnc3)nc2-c2cccnc2C)on1. The molecular weight excluding hydrogens is 340 g/mol. The Bertz CT molecular complexity index is 1060. The molecule has 0 aliphatic carbocycles. The molecule has 7 nitrogen and oxygen atoms in total. The van der Waals surface area contributed by atoms with Crippen molar-refractivity contribution in [3.8, 4) is 22.6 Å². The van der Waals surface area contributed by atoms with E-state index in [0.717, 1.165) is 33.8 Å². The maximum absolute atomic E-state index is 5.44. The third kappa shape index (κ3) is 3.67. The minimum atomic E-state index is 0.525. The second-order valence-electron chi connectivity index (χ2n) is 6.14. The van der Waals surface area contributed by atoms with Gasteiger partial charge in [0.2, 0.25) is 5.95 Å². The zero-order valence-corrected chi connectivity index (χ0v) is 15.0. The summed E-state index contributed by atoms with van der Waals surface area (Å²) in [5.74, 6) is 1.15. The first-order chi connectivity index (χ1) is 13.2. The predicted octanol–water partition coefficient (Wildman–Crippen LogP) is 3.82. The first-order valence-electron chi connectivity index (χ1n) is 8.56. The van der Waals surface area contributed by atoms with Crippen molar-refractivity contribution in [3.63, 3.8) is 0 Å². The lowest BCUT2D eigenvalue weighted by Gasteiger charge is -2.11. The minimum Gasteiger partial charge on any atom is -0.356 e. The van der Waals surface area contributed by atoms with Gasteiger partial charge in [-0.2, -0.15) is 0 Å². The third-order valence-electron chi connectivity index (χ3n) is 4.12. The summed E-state index contributed by atoms with van der Waals surface area (Å²) >= 11 is 0. The Labute approximate surface area is 156 Å². The fourth-order valence-electron chi connectivity index (χ4n) is 2.76. The van der Waals surface area contributed by atoms with Crippen LogP contribution in [-0.2, 0) is 6.54 Å². The molecule has 4 aromatic heterocycles. The maximum Gasteiger partial charge on any atom is 0.223 e.